The molecule has 0 aliphatic carbocycles. The van der Waals surface area contributed by atoms with Gasteiger partial charge in [0.05, 0.1) is 12.0 Å². The normalized spacial score (nSPS) is 13.8. The lowest BCUT2D eigenvalue weighted by Gasteiger charge is -2.26. The molecule has 0 unspecified atom stereocenters. The van der Waals surface area contributed by atoms with Crippen molar-refractivity contribution in [2.75, 3.05) is 26.0 Å². The van der Waals surface area contributed by atoms with Crippen molar-refractivity contribution in [1.29, 1.82) is 0 Å². The van der Waals surface area contributed by atoms with E-state index in [1.807, 2.05) is 25.2 Å². The third-order valence-corrected chi connectivity index (χ3v) is 4.35. The molecule has 7 nitrogen and oxygen atoms in total. The molecule has 130 valence electrons. The van der Waals surface area contributed by atoms with E-state index in [9.17, 15) is 14.9 Å². The van der Waals surface area contributed by atoms with Gasteiger partial charge in [-0.1, -0.05) is 18.2 Å². The highest BCUT2D eigenvalue weighted by Crippen LogP contribution is 2.32. The number of ether oxygens (including phenoxy) is 1. The number of carbonyl (C=O) groups excluding carboxylic acids is 1. The average Bonchev–Trinajstić information content (AvgIpc) is 2.60. The van der Waals surface area contributed by atoms with E-state index in [-0.39, 0.29) is 17.0 Å². The maximum Gasteiger partial charge on any atom is 0.323 e. The molecule has 1 aliphatic heterocycles. The van der Waals surface area contributed by atoms with E-state index >= 15 is 0 Å². The summed E-state index contributed by atoms with van der Waals surface area (Å²) in [7, 11) is 3.39. The van der Waals surface area contributed by atoms with E-state index in [2.05, 4.69) is 10.2 Å². The van der Waals surface area contributed by atoms with Crippen LogP contribution in [0.4, 0.5) is 11.4 Å². The minimum Gasteiger partial charge on any atom is -0.490 e. The molecule has 0 atom stereocenters. The fourth-order valence-electron chi connectivity index (χ4n) is 3.12. The molecule has 1 amide bonds. The molecular weight excluding hydrogens is 322 g/mol. The number of amides is 1. The number of benzene rings is 2. The summed E-state index contributed by atoms with van der Waals surface area (Å²) >= 11 is 0. The van der Waals surface area contributed by atoms with Crippen molar-refractivity contribution in [2.24, 2.45) is 0 Å². The quantitative estimate of drug-likeness (QED) is 0.683. The van der Waals surface area contributed by atoms with Crippen LogP contribution in [0.1, 0.15) is 21.5 Å². The summed E-state index contributed by atoms with van der Waals surface area (Å²) in [6, 6.07) is 10.2. The van der Waals surface area contributed by atoms with Gasteiger partial charge in [-0.05, 0) is 42.8 Å². The zero-order valence-electron chi connectivity index (χ0n) is 14.1. The van der Waals surface area contributed by atoms with Crippen molar-refractivity contribution in [1.82, 2.24) is 4.90 Å². The molecule has 0 bridgehead atoms. The number of anilines is 1. The van der Waals surface area contributed by atoms with Gasteiger partial charge in [0, 0.05) is 18.8 Å². The molecule has 0 radical (unpaired) electrons. The Kier molecular flexibility index (Phi) is 4.67. The van der Waals surface area contributed by atoms with Crippen LogP contribution in [0.15, 0.2) is 36.4 Å². The zero-order valence-corrected chi connectivity index (χ0v) is 14.1. The lowest BCUT2D eigenvalue weighted by Crippen LogP contribution is -2.27. The molecule has 1 aliphatic rings. The highest BCUT2D eigenvalue weighted by molar-refractivity contribution is 6.08. The Hall–Kier alpha value is -2.93. The summed E-state index contributed by atoms with van der Waals surface area (Å²) in [5.41, 5.74) is 2.60. The maximum atomic E-state index is 12.7. The number of nitrogens with one attached hydrogen (secondary N) is 1. The first kappa shape index (κ1) is 16.9. The average molecular weight is 341 g/mol. The van der Waals surface area contributed by atoms with E-state index in [1.54, 1.807) is 6.07 Å². The van der Waals surface area contributed by atoms with E-state index in [0.717, 1.165) is 30.6 Å². The molecular formula is C18H19N3O4. The van der Waals surface area contributed by atoms with Gasteiger partial charge in [0.2, 0.25) is 0 Å². The number of nitrogens with zero attached hydrogens (tertiary/aromatic N) is 2. The summed E-state index contributed by atoms with van der Waals surface area (Å²) in [5, 5.41) is 14.2. The number of rotatable bonds is 4. The van der Waals surface area contributed by atoms with Crippen LogP contribution < -0.4 is 10.1 Å². The number of nitro benzene ring substituents is 1. The molecule has 2 aromatic carbocycles. The smallest absolute Gasteiger partial charge is 0.323 e. The Morgan fingerprint density at radius 1 is 1.28 bits per heavy atom. The van der Waals surface area contributed by atoms with Gasteiger partial charge >= 0.3 is 5.69 Å². The number of carbonyl (C=O) groups is 1. The summed E-state index contributed by atoms with van der Waals surface area (Å²) in [4.78, 5) is 25.7. The molecule has 0 saturated carbocycles. The third-order valence-electron chi connectivity index (χ3n) is 4.35. The van der Waals surface area contributed by atoms with Crippen molar-refractivity contribution >= 4 is 17.3 Å². The fraction of sp³-hybridized carbons (Fsp3) is 0.278. The monoisotopic (exact) mass is 341 g/mol. The number of methoxy groups -OCH3 is 1. The first-order valence-electron chi connectivity index (χ1n) is 7.93. The van der Waals surface area contributed by atoms with E-state index < -0.39 is 10.8 Å². The Balaban J connectivity index is 1.94. The van der Waals surface area contributed by atoms with Crippen LogP contribution in [0.2, 0.25) is 0 Å². The third kappa shape index (κ3) is 3.32. The zero-order chi connectivity index (χ0) is 18.0. The highest BCUT2D eigenvalue weighted by atomic mass is 16.6. The van der Waals surface area contributed by atoms with Crippen LogP contribution in [-0.2, 0) is 13.0 Å². The van der Waals surface area contributed by atoms with Gasteiger partial charge in [-0.15, -0.1) is 0 Å². The second-order valence-corrected chi connectivity index (χ2v) is 6.00. The molecule has 0 saturated heterocycles. The number of nitro groups is 1. The molecule has 1 heterocycles. The van der Waals surface area contributed by atoms with Crippen molar-refractivity contribution < 1.29 is 14.5 Å². The van der Waals surface area contributed by atoms with Crippen LogP contribution in [0, 0.1) is 10.1 Å². The maximum absolute atomic E-state index is 12.7. The first-order valence-corrected chi connectivity index (χ1v) is 7.93. The van der Waals surface area contributed by atoms with Gasteiger partial charge in [-0.3, -0.25) is 14.9 Å². The molecule has 0 spiro atoms. The van der Waals surface area contributed by atoms with Crippen LogP contribution in [0.5, 0.6) is 5.75 Å². The summed E-state index contributed by atoms with van der Waals surface area (Å²) in [6.07, 6.45) is 0.822. The van der Waals surface area contributed by atoms with Gasteiger partial charge in [0.25, 0.3) is 5.91 Å². The molecule has 0 aromatic heterocycles. The highest BCUT2D eigenvalue weighted by Gasteiger charge is 2.26. The van der Waals surface area contributed by atoms with Gasteiger partial charge < -0.3 is 15.0 Å². The van der Waals surface area contributed by atoms with Crippen molar-refractivity contribution in [3.8, 4) is 5.75 Å². The lowest BCUT2D eigenvalue weighted by molar-refractivity contribution is -0.386. The first-order chi connectivity index (χ1) is 12.0. The Morgan fingerprint density at radius 2 is 2.04 bits per heavy atom. The van der Waals surface area contributed by atoms with E-state index in [0.29, 0.717) is 5.69 Å². The van der Waals surface area contributed by atoms with Crippen LogP contribution in [0.25, 0.3) is 0 Å². The van der Waals surface area contributed by atoms with E-state index in [1.165, 1.54) is 19.2 Å². The standard InChI is InChI=1S/C18H19N3O4/c1-20-10-9-13-12(11-20)5-3-7-15(13)19-18(22)14-6-4-8-16(25-2)17(14)21(23)24/h3-8H,9-11H2,1-2H3,(H,19,22). The summed E-state index contributed by atoms with van der Waals surface area (Å²) in [5.74, 6) is -0.452. The van der Waals surface area contributed by atoms with Crippen molar-refractivity contribution in [3.63, 3.8) is 0 Å². The second kappa shape index (κ2) is 6.90. The second-order valence-electron chi connectivity index (χ2n) is 6.00. The van der Waals surface area contributed by atoms with Gasteiger partial charge in [0.1, 0.15) is 5.56 Å². The Morgan fingerprint density at radius 3 is 2.76 bits per heavy atom. The number of hydrogen-bond donors (Lipinski definition) is 1. The number of fused-ring (bicyclic) bond motifs is 1. The van der Waals surface area contributed by atoms with E-state index in [4.69, 9.17) is 4.74 Å². The van der Waals surface area contributed by atoms with Crippen LogP contribution >= 0.6 is 0 Å². The predicted molar refractivity (Wildman–Crippen MR) is 94.1 cm³/mol. The van der Waals surface area contributed by atoms with Crippen molar-refractivity contribution in [3.05, 3.63) is 63.2 Å². The van der Waals surface area contributed by atoms with Crippen LogP contribution in [-0.4, -0.2) is 36.4 Å². The van der Waals surface area contributed by atoms with Crippen molar-refractivity contribution in [2.45, 2.75) is 13.0 Å². The minimum absolute atomic E-state index is 0.0186. The van der Waals surface area contributed by atoms with Gasteiger partial charge in [0.15, 0.2) is 5.75 Å². The molecule has 3 rings (SSSR count). The Labute approximate surface area is 145 Å². The van der Waals surface area contributed by atoms with Gasteiger partial charge in [-0.2, -0.15) is 0 Å². The molecule has 2 aromatic rings. The Bertz CT molecular complexity index is 835. The number of likely N-dealkylation sites (N-methyl/N-ethyl adjacent to an activating group) is 1. The molecule has 25 heavy (non-hydrogen) atoms. The largest absolute Gasteiger partial charge is 0.490 e. The number of hydrogen-bond acceptors (Lipinski definition) is 5. The lowest BCUT2D eigenvalue weighted by atomic mass is 9.98. The minimum atomic E-state index is -0.594. The molecule has 0 fully saturated rings. The molecule has 7 heteroatoms. The SMILES string of the molecule is COc1cccc(C(=O)Nc2cccc3c2CCN(C)C3)c1[N+](=O)[O-]. The topological polar surface area (TPSA) is 84.7 Å². The number of para-hydroxylation sites is 1. The summed E-state index contributed by atoms with van der Waals surface area (Å²) in [6.45, 7) is 1.72. The molecule has 1 N–H and O–H groups in total. The fourth-order valence-corrected chi connectivity index (χ4v) is 3.12. The van der Waals surface area contributed by atoms with Gasteiger partial charge in [-0.25, -0.2) is 0 Å². The summed E-state index contributed by atoms with van der Waals surface area (Å²) < 4.78 is 5.02. The van der Waals surface area contributed by atoms with Crippen LogP contribution in [0.3, 0.4) is 0 Å². The predicted octanol–water partition coefficient (Wildman–Crippen LogP) is 2.84.